The number of unbranched alkanes of at least 4 members (excludes halogenated alkanes) is 1. The number of rotatable bonds is 6. The van der Waals surface area contributed by atoms with Gasteiger partial charge in [-0.1, -0.05) is 11.8 Å². The molecule has 6 nitrogen and oxygen atoms in total. The normalized spacial score (nSPS) is 14.2. The second-order valence-corrected chi connectivity index (χ2v) is 5.27. The molecule has 1 aromatic rings. The van der Waals surface area contributed by atoms with E-state index in [9.17, 15) is 4.79 Å². The lowest BCUT2D eigenvalue weighted by atomic mass is 9.99. The molecule has 0 amide bonds. The van der Waals surface area contributed by atoms with Gasteiger partial charge in [-0.2, -0.15) is 5.26 Å². The maximum Gasteiger partial charge on any atom is 0.343 e. The van der Waals surface area contributed by atoms with Crippen LogP contribution in [0.1, 0.15) is 26.2 Å². The second kappa shape index (κ2) is 5.89. The molecule has 0 bridgehead atoms. The van der Waals surface area contributed by atoms with E-state index in [1.807, 2.05) is 0 Å². The fraction of sp³-hybridized carbons (Fsp3) is 0.700. The number of aromatic nitrogens is 3. The minimum atomic E-state index is -0.732. The van der Waals surface area contributed by atoms with Gasteiger partial charge < -0.3 is 5.73 Å². The summed E-state index contributed by atoms with van der Waals surface area (Å²) in [5.74, 6) is 0.861. The van der Waals surface area contributed by atoms with E-state index in [1.165, 1.54) is 16.3 Å². The van der Waals surface area contributed by atoms with Crippen molar-refractivity contribution in [2.75, 3.05) is 5.75 Å². The summed E-state index contributed by atoms with van der Waals surface area (Å²) in [7, 11) is 1.68. The van der Waals surface area contributed by atoms with Gasteiger partial charge in [-0.25, -0.2) is 9.89 Å². The number of hydrogen-bond donors (Lipinski definition) is 2. The first-order chi connectivity index (χ1) is 7.96. The average molecular weight is 255 g/mol. The van der Waals surface area contributed by atoms with Crippen molar-refractivity contribution in [3.8, 4) is 6.07 Å². The summed E-state index contributed by atoms with van der Waals surface area (Å²) >= 11 is 1.52. The Labute approximate surface area is 104 Å². The first-order valence-corrected chi connectivity index (χ1v) is 6.39. The zero-order valence-electron chi connectivity index (χ0n) is 10.1. The fourth-order valence-electron chi connectivity index (χ4n) is 1.28. The molecule has 94 valence electrons. The van der Waals surface area contributed by atoms with Gasteiger partial charge in [-0.15, -0.1) is 5.10 Å². The zero-order chi connectivity index (χ0) is 12.9. The summed E-state index contributed by atoms with van der Waals surface area (Å²) < 4.78 is 1.48. The molecule has 1 unspecified atom stereocenters. The van der Waals surface area contributed by atoms with Crippen molar-refractivity contribution < 1.29 is 0 Å². The van der Waals surface area contributed by atoms with Crippen molar-refractivity contribution in [1.29, 1.82) is 5.26 Å². The number of hydrogen-bond acceptors (Lipinski definition) is 5. The van der Waals surface area contributed by atoms with Crippen LogP contribution in [0.3, 0.4) is 0 Å². The Bertz CT molecular complexity index is 456. The lowest BCUT2D eigenvalue weighted by Gasteiger charge is -2.14. The van der Waals surface area contributed by atoms with Gasteiger partial charge >= 0.3 is 5.69 Å². The van der Waals surface area contributed by atoms with Crippen LogP contribution in [0.25, 0.3) is 0 Å². The van der Waals surface area contributed by atoms with Crippen LogP contribution in [-0.2, 0) is 7.05 Å². The van der Waals surface area contributed by atoms with Crippen LogP contribution in [0.2, 0.25) is 0 Å². The molecule has 17 heavy (non-hydrogen) atoms. The molecule has 0 aliphatic heterocycles. The molecule has 0 saturated heterocycles. The van der Waals surface area contributed by atoms with Crippen molar-refractivity contribution in [3.05, 3.63) is 10.5 Å². The molecule has 0 aliphatic rings. The maximum atomic E-state index is 11.1. The molecule has 0 saturated carbocycles. The molecule has 7 heteroatoms. The van der Waals surface area contributed by atoms with Crippen LogP contribution in [-0.4, -0.2) is 26.1 Å². The smallest absolute Gasteiger partial charge is 0.314 e. The third-order valence-corrected chi connectivity index (χ3v) is 3.53. The predicted octanol–water partition coefficient (Wildman–Crippen LogP) is 0.612. The van der Waals surface area contributed by atoms with Gasteiger partial charge in [0, 0.05) is 12.8 Å². The highest BCUT2D eigenvalue weighted by Crippen LogP contribution is 2.16. The molecule has 1 heterocycles. The SMILES string of the molecule is Cn1c(SCCCCC(C)(N)C#N)n[nH]c1=O. The van der Waals surface area contributed by atoms with Crippen molar-refractivity contribution in [2.24, 2.45) is 12.8 Å². The lowest BCUT2D eigenvalue weighted by molar-refractivity contribution is 0.518. The first-order valence-electron chi connectivity index (χ1n) is 5.40. The maximum absolute atomic E-state index is 11.1. The van der Waals surface area contributed by atoms with Crippen LogP contribution in [0, 0.1) is 11.3 Å². The number of thioether (sulfide) groups is 1. The molecule has 0 fully saturated rings. The summed E-state index contributed by atoms with van der Waals surface area (Å²) in [6, 6.07) is 2.07. The highest BCUT2D eigenvalue weighted by atomic mass is 32.2. The Morgan fingerprint density at radius 1 is 1.65 bits per heavy atom. The van der Waals surface area contributed by atoms with Gasteiger partial charge in [0.15, 0.2) is 5.16 Å². The van der Waals surface area contributed by atoms with E-state index in [0.717, 1.165) is 18.6 Å². The number of H-pyrrole nitrogens is 1. The minimum Gasteiger partial charge on any atom is -0.314 e. The van der Waals surface area contributed by atoms with Crippen molar-refractivity contribution in [3.63, 3.8) is 0 Å². The summed E-state index contributed by atoms with van der Waals surface area (Å²) in [5, 5.41) is 15.7. The van der Waals surface area contributed by atoms with Gasteiger partial charge in [0.05, 0.1) is 6.07 Å². The fourth-order valence-corrected chi connectivity index (χ4v) is 2.19. The number of nitrogens with zero attached hydrogens (tertiary/aromatic N) is 3. The monoisotopic (exact) mass is 255 g/mol. The summed E-state index contributed by atoms with van der Waals surface area (Å²) in [6.07, 6.45) is 2.52. The van der Waals surface area contributed by atoms with Gasteiger partial charge in [-0.05, 0) is 26.2 Å². The number of nitrogens with one attached hydrogen (secondary N) is 1. The van der Waals surface area contributed by atoms with E-state index < -0.39 is 5.54 Å². The van der Waals surface area contributed by atoms with E-state index in [1.54, 1.807) is 14.0 Å². The van der Waals surface area contributed by atoms with Crippen LogP contribution < -0.4 is 11.4 Å². The average Bonchev–Trinajstić information content (AvgIpc) is 2.60. The largest absolute Gasteiger partial charge is 0.343 e. The Hall–Kier alpha value is -1.26. The molecule has 0 radical (unpaired) electrons. The van der Waals surface area contributed by atoms with Crippen molar-refractivity contribution in [2.45, 2.75) is 36.9 Å². The van der Waals surface area contributed by atoms with E-state index in [-0.39, 0.29) is 5.69 Å². The Morgan fingerprint density at radius 3 is 2.88 bits per heavy atom. The molecule has 0 aliphatic carbocycles. The highest BCUT2D eigenvalue weighted by molar-refractivity contribution is 7.99. The van der Waals surface area contributed by atoms with Gasteiger partial charge in [0.1, 0.15) is 5.54 Å². The lowest BCUT2D eigenvalue weighted by Crippen LogP contribution is -2.33. The van der Waals surface area contributed by atoms with E-state index in [4.69, 9.17) is 11.0 Å². The molecule has 1 atom stereocenters. The summed E-state index contributed by atoms with van der Waals surface area (Å²) in [6.45, 7) is 1.73. The molecular formula is C10H17N5OS. The van der Waals surface area contributed by atoms with Crippen LogP contribution in [0.4, 0.5) is 0 Å². The van der Waals surface area contributed by atoms with E-state index in [2.05, 4.69) is 16.3 Å². The Balaban J connectivity index is 2.24. The molecule has 0 spiro atoms. The third kappa shape index (κ3) is 4.24. The number of nitrogens with two attached hydrogens (primary N) is 1. The standard InChI is InChI=1S/C10H17N5OS/c1-10(12,7-11)5-3-4-6-17-9-14-13-8(16)15(9)2/h3-6,12H2,1-2H3,(H,13,16). The minimum absolute atomic E-state index is 0.202. The van der Waals surface area contributed by atoms with Crippen molar-refractivity contribution in [1.82, 2.24) is 14.8 Å². The van der Waals surface area contributed by atoms with E-state index >= 15 is 0 Å². The van der Waals surface area contributed by atoms with Gasteiger partial charge in [-0.3, -0.25) is 4.57 Å². The third-order valence-electron chi connectivity index (χ3n) is 2.42. The molecule has 1 aromatic heterocycles. The molecule has 0 aromatic carbocycles. The number of aromatic amines is 1. The quantitative estimate of drug-likeness (QED) is 0.573. The van der Waals surface area contributed by atoms with Crippen LogP contribution >= 0.6 is 11.8 Å². The van der Waals surface area contributed by atoms with Crippen molar-refractivity contribution >= 4 is 11.8 Å². The number of nitriles is 1. The molecule has 1 rings (SSSR count). The summed E-state index contributed by atoms with van der Waals surface area (Å²) in [5.41, 5.74) is 4.77. The molecular weight excluding hydrogens is 238 g/mol. The Morgan fingerprint density at radius 2 is 2.35 bits per heavy atom. The Kier molecular flexibility index (Phi) is 4.78. The second-order valence-electron chi connectivity index (χ2n) is 4.21. The van der Waals surface area contributed by atoms with Crippen LogP contribution in [0.15, 0.2) is 9.95 Å². The van der Waals surface area contributed by atoms with Gasteiger partial charge in [0.2, 0.25) is 0 Å². The topological polar surface area (TPSA) is 100 Å². The van der Waals surface area contributed by atoms with Gasteiger partial charge in [0.25, 0.3) is 0 Å². The van der Waals surface area contributed by atoms with E-state index in [0.29, 0.717) is 11.6 Å². The highest BCUT2D eigenvalue weighted by Gasteiger charge is 2.15. The predicted molar refractivity (Wildman–Crippen MR) is 66.6 cm³/mol. The van der Waals surface area contributed by atoms with Crippen LogP contribution in [0.5, 0.6) is 0 Å². The summed E-state index contributed by atoms with van der Waals surface area (Å²) in [4.78, 5) is 11.1. The molecule has 3 N–H and O–H groups in total. The zero-order valence-corrected chi connectivity index (χ0v) is 10.9. The first kappa shape index (κ1) is 13.8.